The first-order chi connectivity index (χ1) is 18.9. The second kappa shape index (κ2) is 10.3. The summed E-state index contributed by atoms with van der Waals surface area (Å²) in [7, 11) is 0. The molecular weight excluding hydrogens is 551 g/mol. The number of hydrogen-bond acceptors (Lipinski definition) is 10. The molecule has 0 aliphatic carbocycles. The number of aromatic nitrogens is 4. The molecule has 1 unspecified atom stereocenters. The number of Topliss-reactive ketones (excluding diaryl/α,β-unsaturated/α-hetero) is 1. The zero-order valence-electron chi connectivity index (χ0n) is 20.9. The van der Waals surface area contributed by atoms with E-state index in [9.17, 15) is 14.7 Å². The highest BCUT2D eigenvalue weighted by Gasteiger charge is 2.46. The van der Waals surface area contributed by atoms with Gasteiger partial charge in [-0.05, 0) is 41.8 Å². The first-order valence-corrected chi connectivity index (χ1v) is 14.6. The zero-order chi connectivity index (χ0) is 27.1. The maximum atomic E-state index is 13.7. The van der Waals surface area contributed by atoms with Crippen molar-refractivity contribution in [3.05, 3.63) is 105 Å². The van der Waals surface area contributed by atoms with Crippen LogP contribution in [-0.4, -0.2) is 37.0 Å². The number of carbonyl (C=O) groups excluding carboxylic acids is 2. The molecule has 2 aromatic carbocycles. The summed E-state index contributed by atoms with van der Waals surface area (Å²) in [4.78, 5) is 37.4. The van der Waals surface area contributed by atoms with Gasteiger partial charge in [0.25, 0.3) is 5.91 Å². The summed E-state index contributed by atoms with van der Waals surface area (Å²) in [6.07, 6.45) is 3.19. The summed E-state index contributed by atoms with van der Waals surface area (Å²) in [6.45, 7) is 3.55. The Bertz CT molecular complexity index is 1760. The van der Waals surface area contributed by atoms with Crippen LogP contribution in [0.5, 0.6) is 0 Å². The number of nitrogens with zero attached hydrogens (tertiary/aromatic N) is 5. The maximum absolute atomic E-state index is 13.7. The predicted octanol–water partition coefficient (Wildman–Crippen LogP) is 6.23. The van der Waals surface area contributed by atoms with E-state index in [0.29, 0.717) is 31.4 Å². The van der Waals surface area contributed by atoms with Crippen LogP contribution in [0.1, 0.15) is 37.5 Å². The van der Waals surface area contributed by atoms with Gasteiger partial charge in [-0.1, -0.05) is 71.6 Å². The van der Waals surface area contributed by atoms with Crippen LogP contribution in [0.15, 0.2) is 82.7 Å². The number of ketones is 1. The van der Waals surface area contributed by atoms with Crippen LogP contribution in [0.4, 0.5) is 5.13 Å². The molecule has 194 valence electrons. The number of thioether (sulfide) groups is 1. The molecule has 8 nitrogen and oxygen atoms in total. The number of aryl methyl sites for hydroxylation is 2. The molecule has 1 atom stereocenters. The molecule has 0 radical (unpaired) electrons. The van der Waals surface area contributed by atoms with Gasteiger partial charge in [0.1, 0.15) is 0 Å². The second-order valence-electron chi connectivity index (χ2n) is 8.88. The highest BCUT2D eigenvalue weighted by Crippen LogP contribution is 2.44. The summed E-state index contributed by atoms with van der Waals surface area (Å²) >= 11 is 4.00. The molecule has 3 aromatic heterocycles. The number of anilines is 1. The van der Waals surface area contributed by atoms with E-state index in [1.165, 1.54) is 55.7 Å². The highest BCUT2D eigenvalue weighted by molar-refractivity contribution is 8.00. The standard InChI is InChI=1S/C28H21N5O3S3/c1-15-25(38-16(2)30-15)23(34)21-22(18-10-6-12-29-13-18)33(26(36)24(21)35)27-31-32-28(39-27)37-14-19-9-5-8-17-7-3-4-11-20(17)19/h3-13,22,35H,14H2,1-2H3. The summed E-state index contributed by atoms with van der Waals surface area (Å²) in [6, 6.07) is 17.0. The van der Waals surface area contributed by atoms with Crippen LogP contribution in [0.25, 0.3) is 10.8 Å². The molecular formula is C28H21N5O3S3. The minimum absolute atomic E-state index is 0.0140. The van der Waals surface area contributed by atoms with Gasteiger partial charge in [0.15, 0.2) is 10.1 Å². The molecule has 1 N–H and O–H groups in total. The van der Waals surface area contributed by atoms with Gasteiger partial charge in [-0.15, -0.1) is 21.5 Å². The third kappa shape index (κ3) is 4.62. The lowest BCUT2D eigenvalue weighted by atomic mass is 9.96. The Balaban J connectivity index is 1.33. The van der Waals surface area contributed by atoms with Crippen LogP contribution in [-0.2, 0) is 10.5 Å². The summed E-state index contributed by atoms with van der Waals surface area (Å²) in [5, 5.41) is 23.0. The Labute approximate surface area is 236 Å². The number of carbonyl (C=O) groups is 2. The van der Waals surface area contributed by atoms with Gasteiger partial charge in [-0.2, -0.15) is 0 Å². The van der Waals surface area contributed by atoms with Crippen LogP contribution in [0.3, 0.4) is 0 Å². The number of thiazole rings is 1. The molecule has 0 bridgehead atoms. The van der Waals surface area contributed by atoms with Crippen molar-refractivity contribution < 1.29 is 14.7 Å². The van der Waals surface area contributed by atoms with Gasteiger partial charge in [-0.25, -0.2) is 4.98 Å². The molecule has 0 fully saturated rings. The van der Waals surface area contributed by atoms with Crippen molar-refractivity contribution in [1.29, 1.82) is 0 Å². The van der Waals surface area contributed by atoms with Crippen molar-refractivity contribution in [2.75, 3.05) is 4.90 Å². The van der Waals surface area contributed by atoms with Crippen molar-refractivity contribution in [1.82, 2.24) is 20.2 Å². The van der Waals surface area contributed by atoms with Gasteiger partial charge in [-0.3, -0.25) is 19.5 Å². The number of hydrogen-bond donors (Lipinski definition) is 1. The van der Waals surface area contributed by atoms with Crippen LogP contribution < -0.4 is 4.90 Å². The van der Waals surface area contributed by atoms with Crippen LogP contribution in [0.2, 0.25) is 0 Å². The molecule has 6 rings (SSSR count). The third-order valence-corrected chi connectivity index (χ3v) is 9.57. The number of aliphatic hydroxyl groups excluding tert-OH is 1. The zero-order valence-corrected chi connectivity index (χ0v) is 23.3. The predicted molar refractivity (Wildman–Crippen MR) is 153 cm³/mol. The number of amides is 1. The molecule has 1 aliphatic heterocycles. The minimum Gasteiger partial charge on any atom is -0.503 e. The number of aliphatic hydroxyl groups is 1. The Hall–Kier alpha value is -3.93. The van der Waals surface area contributed by atoms with Gasteiger partial charge >= 0.3 is 0 Å². The van der Waals surface area contributed by atoms with Gasteiger partial charge in [0.05, 0.1) is 27.2 Å². The van der Waals surface area contributed by atoms with E-state index in [-0.39, 0.29) is 5.57 Å². The number of pyridine rings is 1. The van der Waals surface area contributed by atoms with Crippen LogP contribution in [0, 0.1) is 13.8 Å². The monoisotopic (exact) mass is 571 g/mol. The van der Waals surface area contributed by atoms with Crippen LogP contribution >= 0.6 is 34.4 Å². The summed E-state index contributed by atoms with van der Waals surface area (Å²) in [5.41, 5.74) is 2.29. The molecule has 5 aromatic rings. The summed E-state index contributed by atoms with van der Waals surface area (Å²) < 4.78 is 0.670. The Morgan fingerprint density at radius 1 is 1.05 bits per heavy atom. The van der Waals surface area contributed by atoms with Crippen molar-refractivity contribution in [3.8, 4) is 0 Å². The van der Waals surface area contributed by atoms with E-state index >= 15 is 0 Å². The van der Waals surface area contributed by atoms with Gasteiger partial charge in [0, 0.05) is 18.1 Å². The lowest BCUT2D eigenvalue weighted by Crippen LogP contribution is -2.31. The largest absolute Gasteiger partial charge is 0.503 e. The fourth-order valence-electron chi connectivity index (χ4n) is 4.67. The number of benzene rings is 2. The first kappa shape index (κ1) is 25.4. The van der Waals surface area contributed by atoms with E-state index in [1.54, 1.807) is 31.5 Å². The first-order valence-electron chi connectivity index (χ1n) is 12.0. The molecule has 0 spiro atoms. The van der Waals surface area contributed by atoms with E-state index in [1.807, 2.05) is 25.1 Å². The smallest absolute Gasteiger partial charge is 0.296 e. The third-order valence-electron chi connectivity index (χ3n) is 6.40. The maximum Gasteiger partial charge on any atom is 0.296 e. The minimum atomic E-state index is -0.899. The van der Waals surface area contributed by atoms with Crippen molar-refractivity contribution >= 4 is 62.0 Å². The van der Waals surface area contributed by atoms with E-state index in [0.717, 1.165) is 5.01 Å². The molecule has 0 saturated carbocycles. The fourth-order valence-corrected chi connectivity index (χ4v) is 7.41. The van der Waals surface area contributed by atoms with Crippen molar-refractivity contribution in [2.45, 2.75) is 30.0 Å². The van der Waals surface area contributed by atoms with E-state index in [4.69, 9.17) is 0 Å². The average molecular weight is 572 g/mol. The average Bonchev–Trinajstić information content (AvgIpc) is 3.63. The molecule has 0 saturated heterocycles. The highest BCUT2D eigenvalue weighted by atomic mass is 32.2. The molecule has 11 heteroatoms. The fraction of sp³-hybridized carbons (Fsp3) is 0.143. The topological polar surface area (TPSA) is 109 Å². The Morgan fingerprint density at radius 2 is 1.87 bits per heavy atom. The van der Waals surface area contributed by atoms with Gasteiger partial charge in [0.2, 0.25) is 10.9 Å². The number of rotatable bonds is 7. The van der Waals surface area contributed by atoms with Crippen molar-refractivity contribution in [3.63, 3.8) is 0 Å². The Kier molecular flexibility index (Phi) is 6.71. The molecule has 4 heterocycles. The number of fused-ring (bicyclic) bond motifs is 1. The quantitative estimate of drug-likeness (QED) is 0.139. The molecule has 1 aliphatic rings. The normalized spacial score (nSPS) is 15.5. The summed E-state index contributed by atoms with van der Waals surface area (Å²) in [5.74, 6) is -1.06. The Morgan fingerprint density at radius 3 is 2.64 bits per heavy atom. The SMILES string of the molecule is Cc1nc(C)c(C(=O)C2=C(O)C(=O)N(c3nnc(SCc4cccc5ccccc45)s3)C2c2cccnc2)s1. The molecule has 1 amide bonds. The molecule has 39 heavy (non-hydrogen) atoms. The lowest BCUT2D eigenvalue weighted by molar-refractivity contribution is -0.117. The van der Waals surface area contributed by atoms with E-state index in [2.05, 4.69) is 44.4 Å². The van der Waals surface area contributed by atoms with Crippen molar-refractivity contribution in [2.24, 2.45) is 0 Å². The van der Waals surface area contributed by atoms with Gasteiger partial charge < -0.3 is 5.11 Å². The second-order valence-corrected chi connectivity index (χ2v) is 12.3. The van der Waals surface area contributed by atoms with E-state index < -0.39 is 23.5 Å². The lowest BCUT2D eigenvalue weighted by Gasteiger charge is -2.23.